The Kier molecular flexibility index (Phi) is 9.82. The fourth-order valence-electron chi connectivity index (χ4n) is 4.05. The number of nitrogens with zero attached hydrogens (tertiary/aromatic N) is 5. The van der Waals surface area contributed by atoms with Crippen molar-refractivity contribution < 1.29 is 38.2 Å². The van der Waals surface area contributed by atoms with Gasteiger partial charge in [0.15, 0.2) is 17.0 Å². The first-order valence-electron chi connectivity index (χ1n) is 12.7. The van der Waals surface area contributed by atoms with Gasteiger partial charge in [-0.2, -0.15) is 18.7 Å². The van der Waals surface area contributed by atoms with E-state index in [4.69, 9.17) is 16.6 Å². The molecule has 1 aromatic carbocycles. The molecule has 1 unspecified atom stereocenters. The molecule has 7 N–H and O–H groups in total. The number of ketones is 1. The van der Waals surface area contributed by atoms with Crippen LogP contribution in [-0.2, 0) is 26.9 Å². The maximum absolute atomic E-state index is 15.4. The number of nitrogen functional groups attached to an aromatic ring is 2. The molecular formula is C26H30F2N8O6. The van der Waals surface area contributed by atoms with Crippen molar-refractivity contribution in [2.75, 3.05) is 23.4 Å². The Labute approximate surface area is 238 Å². The Balaban J connectivity index is 1.87. The summed E-state index contributed by atoms with van der Waals surface area (Å²) in [7, 11) is 1.59. The molecule has 0 spiro atoms. The van der Waals surface area contributed by atoms with Crippen molar-refractivity contribution in [3.63, 3.8) is 0 Å². The molecule has 0 radical (unpaired) electrons. The average Bonchev–Trinajstić information content (AvgIpc) is 2.90. The first-order valence-corrected chi connectivity index (χ1v) is 12.7. The summed E-state index contributed by atoms with van der Waals surface area (Å²) in [4.78, 5) is 63.6. The Morgan fingerprint density at radius 3 is 2.29 bits per heavy atom. The van der Waals surface area contributed by atoms with E-state index >= 15 is 8.78 Å². The summed E-state index contributed by atoms with van der Waals surface area (Å²) in [5.74, 6) is -7.39. The van der Waals surface area contributed by atoms with Gasteiger partial charge in [0.25, 0.3) is 11.8 Å². The van der Waals surface area contributed by atoms with Crippen molar-refractivity contribution in [3.8, 4) is 0 Å². The summed E-state index contributed by atoms with van der Waals surface area (Å²) in [6, 6.07) is 4.42. The molecule has 14 nitrogen and oxygen atoms in total. The van der Waals surface area contributed by atoms with Crippen LogP contribution < -0.4 is 21.7 Å². The van der Waals surface area contributed by atoms with Gasteiger partial charge >= 0.3 is 11.9 Å². The Morgan fingerprint density at radius 2 is 1.69 bits per heavy atom. The van der Waals surface area contributed by atoms with Crippen LogP contribution in [0.1, 0.15) is 60.8 Å². The van der Waals surface area contributed by atoms with Crippen molar-refractivity contribution in [3.05, 3.63) is 41.2 Å². The molecule has 16 heteroatoms. The number of halogens is 2. The van der Waals surface area contributed by atoms with Crippen LogP contribution in [0, 0.1) is 0 Å². The van der Waals surface area contributed by atoms with Crippen LogP contribution in [0.15, 0.2) is 24.3 Å². The molecule has 1 amide bonds. The fourth-order valence-corrected chi connectivity index (χ4v) is 4.05. The molecule has 0 aliphatic rings. The van der Waals surface area contributed by atoms with E-state index in [9.17, 15) is 24.3 Å². The monoisotopic (exact) mass is 588 g/mol. The first-order chi connectivity index (χ1) is 19.7. The van der Waals surface area contributed by atoms with E-state index in [1.54, 1.807) is 11.9 Å². The van der Waals surface area contributed by atoms with Crippen LogP contribution in [0.25, 0.3) is 11.2 Å². The van der Waals surface area contributed by atoms with Gasteiger partial charge < -0.3 is 36.7 Å². The Hall–Kier alpha value is -5.02. The van der Waals surface area contributed by atoms with Gasteiger partial charge in [-0.15, -0.1) is 0 Å². The SMILES string of the molecule is CC(=O)CCCC(F)(F)c1nc2nc(N)nc(N)c2nc1CN(C)c1ccc(C(=O)NC(CCC(=O)O)C(=O)O)cc1. The molecule has 2 heterocycles. The van der Waals surface area contributed by atoms with Crippen molar-refractivity contribution in [1.29, 1.82) is 0 Å². The molecule has 0 aliphatic carbocycles. The topological polar surface area (TPSA) is 228 Å². The number of fused-ring (bicyclic) bond motifs is 1. The number of nitrogens with one attached hydrogen (secondary N) is 1. The third-order valence-electron chi connectivity index (χ3n) is 6.22. The quantitative estimate of drug-likeness (QED) is 0.182. The zero-order chi connectivity index (χ0) is 31.2. The van der Waals surface area contributed by atoms with Gasteiger partial charge in [-0.25, -0.2) is 14.8 Å². The molecule has 0 fully saturated rings. The number of benzene rings is 1. The van der Waals surface area contributed by atoms with Gasteiger partial charge in [-0.05, 0) is 44.0 Å². The van der Waals surface area contributed by atoms with Gasteiger partial charge in [0, 0.05) is 37.6 Å². The van der Waals surface area contributed by atoms with Gasteiger partial charge in [0.05, 0.1) is 12.2 Å². The lowest BCUT2D eigenvalue weighted by Gasteiger charge is -2.24. The average molecular weight is 589 g/mol. The van der Waals surface area contributed by atoms with E-state index in [1.807, 2.05) is 0 Å². The summed E-state index contributed by atoms with van der Waals surface area (Å²) in [5.41, 5.74) is 11.1. The number of carbonyl (C=O) groups excluding carboxylic acids is 2. The molecule has 0 saturated heterocycles. The van der Waals surface area contributed by atoms with E-state index in [1.165, 1.54) is 31.2 Å². The molecule has 42 heavy (non-hydrogen) atoms. The highest BCUT2D eigenvalue weighted by atomic mass is 19.3. The molecule has 0 saturated carbocycles. The molecule has 1 atom stereocenters. The molecular weight excluding hydrogens is 558 g/mol. The highest BCUT2D eigenvalue weighted by Gasteiger charge is 2.37. The van der Waals surface area contributed by atoms with Crippen LogP contribution in [0.5, 0.6) is 0 Å². The van der Waals surface area contributed by atoms with Gasteiger partial charge in [-0.3, -0.25) is 9.59 Å². The molecule has 3 rings (SSSR count). The first kappa shape index (κ1) is 31.5. The summed E-state index contributed by atoms with van der Waals surface area (Å²) in [6.07, 6.45) is -1.50. The van der Waals surface area contributed by atoms with E-state index in [2.05, 4.69) is 25.3 Å². The number of aliphatic carboxylic acids is 2. The van der Waals surface area contributed by atoms with E-state index < -0.39 is 48.3 Å². The number of carboxylic acid groups (broad SMARTS) is 2. The number of alkyl halides is 2. The molecule has 3 aromatic rings. The smallest absolute Gasteiger partial charge is 0.326 e. The number of anilines is 3. The minimum absolute atomic E-state index is 0.0150. The second kappa shape index (κ2) is 13.1. The van der Waals surface area contributed by atoms with Crippen LogP contribution in [0.2, 0.25) is 0 Å². The van der Waals surface area contributed by atoms with Crippen molar-refractivity contribution in [1.82, 2.24) is 25.3 Å². The van der Waals surface area contributed by atoms with Crippen LogP contribution in [-0.4, -0.2) is 66.9 Å². The lowest BCUT2D eigenvalue weighted by Crippen LogP contribution is -2.41. The number of carbonyl (C=O) groups is 4. The standard InChI is InChI=1S/C26H30F2N8O6/c1-13(37)4-3-11-26(27,28)20-17(31-19-21(29)34-25(30)35-22(19)33-20)12-36(2)15-7-5-14(6-8-15)23(40)32-16(24(41)42)9-10-18(38)39/h5-8,16H,3-4,9-12H2,1-2H3,(H,32,40)(H,38,39)(H,41,42)(H4,29,30,33,34,35). The number of hydrogen-bond acceptors (Lipinski definition) is 11. The number of aromatic nitrogens is 4. The molecule has 2 aromatic heterocycles. The maximum Gasteiger partial charge on any atom is 0.326 e. The normalized spacial score (nSPS) is 12.1. The minimum Gasteiger partial charge on any atom is -0.481 e. The van der Waals surface area contributed by atoms with Gasteiger partial charge in [0.2, 0.25) is 5.95 Å². The van der Waals surface area contributed by atoms with Crippen molar-refractivity contribution in [2.24, 2.45) is 0 Å². The number of Topliss-reactive ketones (excluding diaryl/α,β-unsaturated/α-hetero) is 1. The summed E-state index contributed by atoms with van der Waals surface area (Å²) in [6.45, 7) is 1.14. The number of carboxylic acids is 2. The number of hydrogen-bond donors (Lipinski definition) is 5. The Bertz CT molecular complexity index is 1500. The second-order valence-electron chi connectivity index (χ2n) is 9.62. The van der Waals surface area contributed by atoms with Crippen LogP contribution in [0.3, 0.4) is 0 Å². The molecule has 224 valence electrons. The predicted octanol–water partition coefficient (Wildman–Crippen LogP) is 2.12. The summed E-state index contributed by atoms with van der Waals surface area (Å²) < 4.78 is 30.8. The van der Waals surface area contributed by atoms with Gasteiger partial charge in [-0.1, -0.05) is 0 Å². The van der Waals surface area contributed by atoms with Crippen LogP contribution in [0.4, 0.5) is 26.2 Å². The molecule has 0 bridgehead atoms. The zero-order valence-electron chi connectivity index (χ0n) is 22.8. The lowest BCUT2D eigenvalue weighted by molar-refractivity contribution is -0.140. The summed E-state index contributed by atoms with van der Waals surface area (Å²) >= 11 is 0. The zero-order valence-corrected chi connectivity index (χ0v) is 22.8. The lowest BCUT2D eigenvalue weighted by atomic mass is 10.0. The van der Waals surface area contributed by atoms with Crippen molar-refractivity contribution in [2.45, 2.75) is 57.5 Å². The third kappa shape index (κ3) is 8.02. The van der Waals surface area contributed by atoms with E-state index in [-0.39, 0.29) is 65.8 Å². The van der Waals surface area contributed by atoms with Crippen molar-refractivity contribution >= 4 is 52.2 Å². The maximum atomic E-state index is 15.4. The van der Waals surface area contributed by atoms with E-state index in [0.717, 1.165) is 0 Å². The molecule has 0 aliphatic heterocycles. The highest BCUT2D eigenvalue weighted by Crippen LogP contribution is 2.36. The number of nitrogens with two attached hydrogens (primary N) is 2. The largest absolute Gasteiger partial charge is 0.481 e. The third-order valence-corrected chi connectivity index (χ3v) is 6.22. The fraction of sp³-hybridized carbons (Fsp3) is 0.385. The number of amides is 1. The summed E-state index contributed by atoms with van der Waals surface area (Å²) in [5, 5.41) is 20.3. The van der Waals surface area contributed by atoms with Crippen LogP contribution >= 0.6 is 0 Å². The number of rotatable bonds is 14. The predicted molar refractivity (Wildman–Crippen MR) is 147 cm³/mol. The Morgan fingerprint density at radius 1 is 1.02 bits per heavy atom. The highest BCUT2D eigenvalue weighted by molar-refractivity contribution is 5.97. The minimum atomic E-state index is -3.47. The second-order valence-corrected chi connectivity index (χ2v) is 9.62. The van der Waals surface area contributed by atoms with Gasteiger partial charge in [0.1, 0.15) is 17.5 Å². The van der Waals surface area contributed by atoms with E-state index in [0.29, 0.717) is 5.69 Å².